The number of hydrogen-bond acceptors (Lipinski definition) is 3. The van der Waals surface area contributed by atoms with E-state index in [1.807, 2.05) is 0 Å². The third kappa shape index (κ3) is 1.80. The molecule has 1 aromatic carbocycles. The lowest BCUT2D eigenvalue weighted by atomic mass is 10.0. The van der Waals surface area contributed by atoms with Crippen molar-refractivity contribution in [3.63, 3.8) is 0 Å². The first-order valence-corrected chi connectivity index (χ1v) is 4.92. The Hall–Kier alpha value is -1.55. The Kier molecular flexibility index (Phi) is 2.16. The van der Waals surface area contributed by atoms with E-state index in [1.165, 1.54) is 6.92 Å². The van der Waals surface area contributed by atoms with Crippen LogP contribution in [0.15, 0.2) is 18.2 Å². The summed E-state index contributed by atoms with van der Waals surface area (Å²) in [5, 5.41) is 12.4. The molecule has 80 valence electrons. The molecule has 4 nitrogen and oxygen atoms in total. The first-order valence-electron chi connectivity index (χ1n) is 4.92. The summed E-state index contributed by atoms with van der Waals surface area (Å²) in [7, 11) is 0. The van der Waals surface area contributed by atoms with E-state index in [1.54, 1.807) is 18.2 Å². The second kappa shape index (κ2) is 3.24. The quantitative estimate of drug-likeness (QED) is 0.682. The van der Waals surface area contributed by atoms with E-state index in [4.69, 9.17) is 5.73 Å². The number of carbonyl (C=O) groups is 1. The third-order valence-corrected chi connectivity index (χ3v) is 2.64. The predicted molar refractivity (Wildman–Crippen MR) is 57.5 cm³/mol. The molecule has 0 radical (unpaired) electrons. The van der Waals surface area contributed by atoms with Crippen LogP contribution in [0.2, 0.25) is 0 Å². The molecular formula is C11H14N2O2. The molecular weight excluding hydrogens is 192 g/mol. The first kappa shape index (κ1) is 9.98. The van der Waals surface area contributed by atoms with E-state index >= 15 is 0 Å². The van der Waals surface area contributed by atoms with Gasteiger partial charge in [0.25, 0.3) is 0 Å². The number of nitrogens with one attached hydrogen (secondary N) is 1. The average molecular weight is 206 g/mol. The summed E-state index contributed by atoms with van der Waals surface area (Å²) in [5.41, 5.74) is 6.85. The molecule has 1 aliphatic carbocycles. The molecule has 1 saturated carbocycles. The third-order valence-electron chi connectivity index (χ3n) is 2.64. The van der Waals surface area contributed by atoms with Gasteiger partial charge in [0, 0.05) is 23.7 Å². The van der Waals surface area contributed by atoms with Crippen LogP contribution in [0.25, 0.3) is 0 Å². The molecule has 1 fully saturated rings. The minimum absolute atomic E-state index is 0.154. The molecule has 1 aromatic rings. The van der Waals surface area contributed by atoms with Crippen LogP contribution in [-0.4, -0.2) is 11.0 Å². The summed E-state index contributed by atoms with van der Waals surface area (Å²) in [6.45, 7) is 1.43. The summed E-state index contributed by atoms with van der Waals surface area (Å²) in [5.74, 6) is -0.00708. The van der Waals surface area contributed by atoms with Gasteiger partial charge >= 0.3 is 0 Å². The number of rotatable bonds is 2. The lowest BCUT2D eigenvalue weighted by Crippen LogP contribution is -2.22. The maximum Gasteiger partial charge on any atom is 0.221 e. The topological polar surface area (TPSA) is 75.3 Å². The van der Waals surface area contributed by atoms with E-state index in [2.05, 4.69) is 5.32 Å². The van der Waals surface area contributed by atoms with Gasteiger partial charge in [0.2, 0.25) is 5.91 Å². The molecule has 0 aromatic heterocycles. The largest absolute Gasteiger partial charge is 0.508 e. The van der Waals surface area contributed by atoms with Crippen molar-refractivity contribution < 1.29 is 9.90 Å². The van der Waals surface area contributed by atoms with Gasteiger partial charge in [-0.15, -0.1) is 0 Å². The van der Waals surface area contributed by atoms with E-state index in [-0.39, 0.29) is 11.7 Å². The SMILES string of the molecule is CC(=O)Nc1cccc(O)c1C1(N)CC1. The van der Waals surface area contributed by atoms with E-state index in [9.17, 15) is 9.90 Å². The zero-order valence-electron chi connectivity index (χ0n) is 8.58. The van der Waals surface area contributed by atoms with Crippen LogP contribution >= 0.6 is 0 Å². The molecule has 0 aliphatic heterocycles. The van der Waals surface area contributed by atoms with Crippen LogP contribution in [0.5, 0.6) is 5.75 Å². The van der Waals surface area contributed by atoms with Gasteiger partial charge in [0.05, 0.1) is 0 Å². The molecule has 0 heterocycles. The molecule has 4 heteroatoms. The second-order valence-corrected chi connectivity index (χ2v) is 4.04. The van der Waals surface area contributed by atoms with Gasteiger partial charge in [-0.3, -0.25) is 4.79 Å². The fourth-order valence-corrected chi connectivity index (χ4v) is 1.74. The molecule has 4 N–H and O–H groups in total. The highest BCUT2D eigenvalue weighted by Crippen LogP contribution is 2.49. The number of nitrogens with two attached hydrogens (primary N) is 1. The van der Waals surface area contributed by atoms with Crippen molar-refractivity contribution in [2.75, 3.05) is 5.32 Å². The van der Waals surface area contributed by atoms with Crippen LogP contribution in [0, 0.1) is 0 Å². The maximum atomic E-state index is 11.0. The van der Waals surface area contributed by atoms with Gasteiger partial charge in [-0.05, 0) is 25.0 Å². The first-order chi connectivity index (χ1) is 7.03. The number of phenols is 1. The highest BCUT2D eigenvalue weighted by molar-refractivity contribution is 5.90. The van der Waals surface area contributed by atoms with Gasteiger partial charge < -0.3 is 16.2 Å². The average Bonchev–Trinajstić information content (AvgIpc) is 2.83. The van der Waals surface area contributed by atoms with Crippen LogP contribution in [-0.2, 0) is 10.3 Å². The molecule has 0 bridgehead atoms. The molecule has 1 aliphatic rings. The summed E-state index contributed by atoms with van der Waals surface area (Å²) < 4.78 is 0. The molecule has 0 atom stereocenters. The van der Waals surface area contributed by atoms with E-state index in [0.717, 1.165) is 12.8 Å². The second-order valence-electron chi connectivity index (χ2n) is 4.04. The fraction of sp³-hybridized carbons (Fsp3) is 0.364. The fourth-order valence-electron chi connectivity index (χ4n) is 1.74. The van der Waals surface area contributed by atoms with Crippen molar-refractivity contribution in [2.45, 2.75) is 25.3 Å². The highest BCUT2D eigenvalue weighted by Gasteiger charge is 2.43. The molecule has 2 rings (SSSR count). The number of phenolic OH excluding ortho intramolecular Hbond substituents is 1. The number of hydrogen-bond donors (Lipinski definition) is 3. The molecule has 0 saturated heterocycles. The van der Waals surface area contributed by atoms with E-state index < -0.39 is 5.54 Å². The van der Waals surface area contributed by atoms with Gasteiger partial charge in [-0.1, -0.05) is 6.07 Å². The van der Waals surface area contributed by atoms with Gasteiger partial charge in [-0.2, -0.15) is 0 Å². The Morgan fingerprint density at radius 1 is 1.53 bits per heavy atom. The smallest absolute Gasteiger partial charge is 0.221 e. The van der Waals surface area contributed by atoms with Crippen LogP contribution in [0.4, 0.5) is 5.69 Å². The van der Waals surface area contributed by atoms with Crippen LogP contribution in [0.1, 0.15) is 25.3 Å². The van der Waals surface area contributed by atoms with Crippen molar-refractivity contribution in [1.82, 2.24) is 0 Å². The lowest BCUT2D eigenvalue weighted by molar-refractivity contribution is -0.114. The normalized spacial score (nSPS) is 17.2. The van der Waals surface area contributed by atoms with Crippen LogP contribution in [0.3, 0.4) is 0 Å². The Bertz CT molecular complexity index is 411. The van der Waals surface area contributed by atoms with Gasteiger partial charge in [0.1, 0.15) is 5.75 Å². The minimum Gasteiger partial charge on any atom is -0.508 e. The van der Waals surface area contributed by atoms with Crippen molar-refractivity contribution in [1.29, 1.82) is 0 Å². The monoisotopic (exact) mass is 206 g/mol. The zero-order chi connectivity index (χ0) is 11.1. The number of anilines is 1. The predicted octanol–water partition coefficient (Wildman–Crippen LogP) is 1.30. The number of benzene rings is 1. The van der Waals surface area contributed by atoms with Gasteiger partial charge in [0.15, 0.2) is 0 Å². The Morgan fingerprint density at radius 3 is 2.73 bits per heavy atom. The number of amides is 1. The molecule has 0 unspecified atom stereocenters. The number of aromatic hydroxyl groups is 1. The summed E-state index contributed by atoms with van der Waals surface area (Å²) in [4.78, 5) is 11.0. The Labute approximate surface area is 88.1 Å². The molecule has 0 spiro atoms. The maximum absolute atomic E-state index is 11.0. The summed E-state index contributed by atoms with van der Waals surface area (Å²) in [6, 6.07) is 5.03. The van der Waals surface area contributed by atoms with E-state index in [0.29, 0.717) is 11.3 Å². The standard InChI is InChI=1S/C11H14N2O2/c1-7(14)13-8-3-2-4-9(15)10(8)11(12)5-6-11/h2-4,15H,5-6,12H2,1H3,(H,13,14). The summed E-state index contributed by atoms with van der Waals surface area (Å²) in [6.07, 6.45) is 1.69. The zero-order valence-corrected chi connectivity index (χ0v) is 8.58. The van der Waals surface area contributed by atoms with Gasteiger partial charge in [-0.25, -0.2) is 0 Å². The Balaban J connectivity index is 2.44. The summed E-state index contributed by atoms with van der Waals surface area (Å²) >= 11 is 0. The number of carbonyl (C=O) groups excluding carboxylic acids is 1. The minimum atomic E-state index is -0.455. The van der Waals surface area contributed by atoms with Crippen molar-refractivity contribution in [2.24, 2.45) is 5.73 Å². The van der Waals surface area contributed by atoms with Crippen molar-refractivity contribution in [3.05, 3.63) is 23.8 Å². The lowest BCUT2D eigenvalue weighted by Gasteiger charge is -2.16. The van der Waals surface area contributed by atoms with Crippen LogP contribution < -0.4 is 11.1 Å². The Morgan fingerprint density at radius 2 is 2.20 bits per heavy atom. The van der Waals surface area contributed by atoms with Crippen molar-refractivity contribution >= 4 is 11.6 Å². The van der Waals surface area contributed by atoms with Crippen molar-refractivity contribution in [3.8, 4) is 5.75 Å². The molecule has 15 heavy (non-hydrogen) atoms. The highest BCUT2D eigenvalue weighted by atomic mass is 16.3. The molecule has 1 amide bonds.